The highest BCUT2D eigenvalue weighted by molar-refractivity contribution is 5.96. The number of likely N-dealkylation sites (N-methyl/N-ethyl adjacent to an activating group) is 1. The molecule has 56 heavy (non-hydrogen) atoms. The number of aliphatic hydroxyl groups is 1. The van der Waals surface area contributed by atoms with Crippen molar-refractivity contribution in [1.29, 1.82) is 0 Å². The molecule has 3 aliphatic carbocycles. The molecule has 2 aromatic carbocycles. The molecule has 0 spiro atoms. The molecule has 3 saturated carbocycles. The normalized spacial score (nSPS) is 37.7. The van der Waals surface area contributed by atoms with Gasteiger partial charge in [0.2, 0.25) is 11.8 Å². The molecule has 7 fully saturated rings. The van der Waals surface area contributed by atoms with Crippen LogP contribution in [0.25, 0.3) is 6.08 Å². The summed E-state index contributed by atoms with van der Waals surface area (Å²) in [5, 5.41) is 13.9. The largest absolute Gasteiger partial charge is 0.458 e. The first-order chi connectivity index (χ1) is 26.9. The van der Waals surface area contributed by atoms with E-state index in [0.717, 1.165) is 36.0 Å². The molecule has 2 bridgehead atoms. The van der Waals surface area contributed by atoms with Gasteiger partial charge in [0.05, 0.1) is 24.9 Å². The Labute approximate surface area is 328 Å². The van der Waals surface area contributed by atoms with Gasteiger partial charge in [0.15, 0.2) is 6.04 Å². The number of rotatable bonds is 10. The molecule has 4 heterocycles. The first-order valence-corrected chi connectivity index (χ1v) is 20.5. The van der Waals surface area contributed by atoms with E-state index in [9.17, 15) is 14.7 Å². The van der Waals surface area contributed by atoms with E-state index in [4.69, 9.17) is 23.8 Å². The number of nitrogens with one attached hydrogen (secondary N) is 1. The van der Waals surface area contributed by atoms with E-state index in [2.05, 4.69) is 44.3 Å². The quantitative estimate of drug-likeness (QED) is 0.268. The number of esters is 1. The Balaban J connectivity index is 1.02. The zero-order chi connectivity index (χ0) is 39.0. The van der Waals surface area contributed by atoms with Gasteiger partial charge < -0.3 is 34.3 Å². The number of hydrogen-bond donors (Lipinski definition) is 2. The van der Waals surface area contributed by atoms with Gasteiger partial charge in [0, 0.05) is 26.4 Å². The number of ether oxygens (including phenoxy) is 4. The molecule has 9 rings (SSSR count). The predicted molar refractivity (Wildman–Crippen MR) is 204 cm³/mol. The fourth-order valence-electron chi connectivity index (χ4n) is 11.2. The topological polar surface area (TPSA) is 139 Å². The molecule has 11 atom stereocenters. The number of hydrogen-bond acceptors (Lipinski definition) is 10. The van der Waals surface area contributed by atoms with E-state index in [-0.39, 0.29) is 44.9 Å². The van der Waals surface area contributed by atoms with Gasteiger partial charge in [-0.25, -0.2) is 0 Å². The molecule has 300 valence electrons. The lowest BCUT2D eigenvalue weighted by atomic mass is 9.52. The van der Waals surface area contributed by atoms with Gasteiger partial charge in [-0.05, 0) is 73.0 Å². The van der Waals surface area contributed by atoms with Crippen molar-refractivity contribution >= 4 is 23.9 Å². The Morgan fingerprint density at radius 3 is 2.61 bits per heavy atom. The van der Waals surface area contributed by atoms with Crippen LogP contribution in [-0.4, -0.2) is 108 Å². The number of carbonyl (C=O) groups excluding carboxylic acids is 3. The van der Waals surface area contributed by atoms with Crippen molar-refractivity contribution in [1.82, 2.24) is 15.3 Å². The van der Waals surface area contributed by atoms with Crippen LogP contribution in [0, 0.1) is 22.7 Å². The second-order valence-electron chi connectivity index (χ2n) is 18.1. The summed E-state index contributed by atoms with van der Waals surface area (Å²) in [5.74, 6) is -0.153. The van der Waals surface area contributed by atoms with Gasteiger partial charge in [-0.3, -0.25) is 19.2 Å². The Hall–Kier alpha value is -3.65. The van der Waals surface area contributed by atoms with E-state index in [1.165, 1.54) is 23.3 Å². The third-order valence-corrected chi connectivity index (χ3v) is 14.3. The van der Waals surface area contributed by atoms with Crippen LogP contribution in [0.3, 0.4) is 0 Å². The van der Waals surface area contributed by atoms with E-state index in [1.54, 1.807) is 12.1 Å². The predicted octanol–water partition coefficient (Wildman–Crippen LogP) is 4.18. The number of aliphatic hydroxyl groups excluding tert-OH is 1. The Kier molecular flexibility index (Phi) is 9.69. The number of fused-ring (bicyclic) bond motifs is 6. The lowest BCUT2D eigenvalue weighted by Crippen LogP contribution is -2.70. The van der Waals surface area contributed by atoms with Gasteiger partial charge >= 0.3 is 5.97 Å². The molecule has 4 aliphatic heterocycles. The van der Waals surface area contributed by atoms with Crippen molar-refractivity contribution in [2.45, 2.75) is 120 Å². The smallest absolute Gasteiger partial charge is 0.327 e. The average molecular weight is 770 g/mol. The van der Waals surface area contributed by atoms with Crippen LogP contribution in [0.2, 0.25) is 0 Å². The number of amides is 2. The lowest BCUT2D eigenvalue weighted by Gasteiger charge is -2.53. The molecule has 0 aromatic heterocycles. The molecule has 1 unspecified atom stereocenters. The molecule has 7 aliphatic rings. The zero-order valence-corrected chi connectivity index (χ0v) is 32.9. The van der Waals surface area contributed by atoms with Crippen LogP contribution in [-0.2, 0) is 51.1 Å². The van der Waals surface area contributed by atoms with Crippen LogP contribution in [0.4, 0.5) is 0 Å². The van der Waals surface area contributed by atoms with Crippen molar-refractivity contribution in [3.05, 3.63) is 76.9 Å². The summed E-state index contributed by atoms with van der Waals surface area (Å²) < 4.78 is 24.3. The molecule has 2 aromatic rings. The molecule has 2 amide bonds. The highest BCUT2D eigenvalue weighted by atomic mass is 16.8. The Bertz CT molecular complexity index is 1890. The van der Waals surface area contributed by atoms with Crippen molar-refractivity contribution in [3.8, 4) is 0 Å². The molecule has 12 nitrogen and oxygen atoms in total. The van der Waals surface area contributed by atoms with Crippen LogP contribution >= 0.6 is 0 Å². The van der Waals surface area contributed by atoms with E-state index in [0.29, 0.717) is 23.4 Å². The molecular formula is C44H55N3O9. The SMILES string of the molecule is CN(C(=O)[C@@]12C[C@H]3OC(=O)[C@@H]1N(Cc1cccc(C=C4CCC5O[C@]5(C)CC[C@@H]5[C@@H]4CC5(C)C)c1)O[C@@H]2[C@H]1OCO[C@H]13)[C@H](Cc1ccccc1)C(=O)NCCO. The maximum Gasteiger partial charge on any atom is 0.327 e. The number of epoxide rings is 1. The fraction of sp³-hybridized carbons (Fsp3) is 0.614. The summed E-state index contributed by atoms with van der Waals surface area (Å²) in [5.41, 5.74) is 3.32. The minimum atomic E-state index is -1.40. The first-order valence-electron chi connectivity index (χ1n) is 20.5. The van der Waals surface area contributed by atoms with Crippen molar-refractivity contribution in [2.24, 2.45) is 22.7 Å². The Morgan fingerprint density at radius 1 is 1.04 bits per heavy atom. The van der Waals surface area contributed by atoms with Crippen LogP contribution in [0.5, 0.6) is 0 Å². The summed E-state index contributed by atoms with van der Waals surface area (Å²) in [6, 6.07) is 15.8. The average Bonchev–Trinajstić information content (AvgIpc) is 3.46. The highest BCUT2D eigenvalue weighted by Crippen LogP contribution is 2.60. The fourth-order valence-corrected chi connectivity index (χ4v) is 11.2. The van der Waals surface area contributed by atoms with Crippen molar-refractivity contribution < 1.29 is 43.3 Å². The standard InChI is InChI=1S/C44H55N3O9/c1-42(2)22-30-29(13-14-34-43(3,55-34)16-15-31(30)42)20-27-11-8-12-28(19-27)24-47-37-40(50)54-33-23-44(37,38(56-47)36-35(33)52-25-53-36)41(51)46(4)32(39(49)45-17-18-48)21-26-9-6-5-7-10-26/h5-12,19-20,30-38,48H,13-18,21-25H2,1-4H3,(H,45,49)/t30-,31-,32-,33-,34?,35+,36+,37+,38-,43-,44+/m1/s1. The van der Waals surface area contributed by atoms with E-state index >= 15 is 4.79 Å². The summed E-state index contributed by atoms with van der Waals surface area (Å²) >= 11 is 0. The Morgan fingerprint density at radius 2 is 1.82 bits per heavy atom. The minimum Gasteiger partial charge on any atom is -0.458 e. The highest BCUT2D eigenvalue weighted by Gasteiger charge is 2.75. The van der Waals surface area contributed by atoms with E-state index < -0.39 is 59.7 Å². The van der Waals surface area contributed by atoms with Gasteiger partial charge in [0.1, 0.15) is 42.7 Å². The molecule has 4 saturated heterocycles. The van der Waals surface area contributed by atoms with Gasteiger partial charge in [-0.2, -0.15) is 5.06 Å². The van der Waals surface area contributed by atoms with Gasteiger partial charge in [0.25, 0.3) is 0 Å². The minimum absolute atomic E-state index is 0.00389. The third-order valence-electron chi connectivity index (χ3n) is 14.3. The molecular weight excluding hydrogens is 714 g/mol. The number of benzene rings is 2. The van der Waals surface area contributed by atoms with Crippen LogP contribution in [0.15, 0.2) is 60.2 Å². The molecule has 0 radical (unpaired) electrons. The monoisotopic (exact) mass is 769 g/mol. The van der Waals surface area contributed by atoms with Gasteiger partial charge in [-0.15, -0.1) is 0 Å². The number of nitrogens with zero attached hydrogens (tertiary/aromatic N) is 2. The maximum atomic E-state index is 15.2. The van der Waals surface area contributed by atoms with E-state index in [1.807, 2.05) is 42.5 Å². The zero-order valence-electron chi connectivity index (χ0n) is 32.9. The maximum absolute atomic E-state index is 15.2. The third kappa shape index (κ3) is 6.41. The summed E-state index contributed by atoms with van der Waals surface area (Å²) in [4.78, 5) is 51.2. The van der Waals surface area contributed by atoms with Crippen LogP contribution < -0.4 is 5.32 Å². The lowest BCUT2D eigenvalue weighted by molar-refractivity contribution is -0.204. The summed E-state index contributed by atoms with van der Waals surface area (Å²) in [6.45, 7) is 7.11. The summed E-state index contributed by atoms with van der Waals surface area (Å²) in [7, 11) is 1.61. The number of carbonyl (C=O) groups is 3. The van der Waals surface area contributed by atoms with Crippen molar-refractivity contribution in [2.75, 3.05) is 27.0 Å². The first kappa shape index (κ1) is 37.9. The second kappa shape index (κ2) is 14.3. The second-order valence-corrected chi connectivity index (χ2v) is 18.1. The van der Waals surface area contributed by atoms with Crippen molar-refractivity contribution in [3.63, 3.8) is 0 Å². The van der Waals surface area contributed by atoms with Crippen LogP contribution in [0.1, 0.15) is 76.0 Å². The number of hydroxylamine groups is 2. The molecule has 12 heteroatoms. The molecule has 2 N–H and O–H groups in total. The summed E-state index contributed by atoms with van der Waals surface area (Å²) in [6.07, 6.45) is 5.86. The number of allylic oxidation sites excluding steroid dienone is 1. The van der Waals surface area contributed by atoms with Gasteiger partial charge in [-0.1, -0.05) is 80.1 Å².